The van der Waals surface area contributed by atoms with Crippen LogP contribution in [-0.2, 0) is 13.2 Å². The fraction of sp³-hybridized carbons (Fsp3) is 0.353. The number of aromatic nitrogens is 5. The molecule has 8 nitrogen and oxygen atoms in total. The second kappa shape index (κ2) is 7.41. The van der Waals surface area contributed by atoms with Gasteiger partial charge in [0, 0.05) is 30.6 Å². The van der Waals surface area contributed by atoms with E-state index in [0.717, 1.165) is 10.4 Å². The first-order chi connectivity index (χ1) is 13.2. The first kappa shape index (κ1) is 19.5. The third-order valence-corrected chi connectivity index (χ3v) is 4.01. The number of aryl methyl sites for hydroxylation is 2. The maximum Gasteiger partial charge on any atom is 0.435 e. The van der Waals surface area contributed by atoms with Crippen molar-refractivity contribution in [2.24, 2.45) is 7.05 Å². The average molecular weight is 394 g/mol. The molecule has 0 spiro atoms. The van der Waals surface area contributed by atoms with E-state index in [0.29, 0.717) is 23.9 Å². The van der Waals surface area contributed by atoms with Crippen LogP contribution < -0.4 is 5.32 Å². The lowest BCUT2D eigenvalue weighted by Crippen LogP contribution is -2.30. The Labute approximate surface area is 157 Å². The molecule has 3 aromatic heterocycles. The summed E-state index contributed by atoms with van der Waals surface area (Å²) >= 11 is 0. The molecule has 3 aromatic rings. The van der Waals surface area contributed by atoms with Gasteiger partial charge in [-0.3, -0.25) is 14.5 Å². The highest BCUT2D eigenvalue weighted by atomic mass is 19.4. The van der Waals surface area contributed by atoms with Crippen LogP contribution in [0.25, 0.3) is 11.4 Å². The fourth-order valence-electron chi connectivity index (χ4n) is 2.57. The van der Waals surface area contributed by atoms with Crippen LogP contribution in [0.15, 0.2) is 28.9 Å². The molecule has 0 aromatic carbocycles. The van der Waals surface area contributed by atoms with Crippen molar-refractivity contribution in [1.29, 1.82) is 0 Å². The van der Waals surface area contributed by atoms with Crippen LogP contribution in [0.2, 0.25) is 0 Å². The summed E-state index contributed by atoms with van der Waals surface area (Å²) in [5.74, 6) is -0.247. The molecule has 1 N–H and O–H groups in total. The number of hydrogen-bond donors (Lipinski definition) is 1. The van der Waals surface area contributed by atoms with Crippen molar-refractivity contribution < 1.29 is 22.5 Å². The van der Waals surface area contributed by atoms with Crippen LogP contribution in [-0.4, -0.2) is 30.8 Å². The van der Waals surface area contributed by atoms with Crippen molar-refractivity contribution in [2.45, 2.75) is 32.5 Å². The summed E-state index contributed by atoms with van der Waals surface area (Å²) in [6, 6.07) is 3.53. The van der Waals surface area contributed by atoms with Gasteiger partial charge < -0.3 is 9.84 Å². The van der Waals surface area contributed by atoms with Crippen molar-refractivity contribution >= 4 is 5.91 Å². The number of nitrogens with one attached hydrogen (secondary N) is 1. The summed E-state index contributed by atoms with van der Waals surface area (Å²) < 4.78 is 44.5. The van der Waals surface area contributed by atoms with E-state index in [1.165, 1.54) is 7.05 Å². The van der Waals surface area contributed by atoms with Crippen molar-refractivity contribution in [3.8, 4) is 11.4 Å². The van der Waals surface area contributed by atoms with Crippen LogP contribution in [0.3, 0.4) is 0 Å². The van der Waals surface area contributed by atoms with Crippen LogP contribution in [0.1, 0.15) is 47.2 Å². The summed E-state index contributed by atoms with van der Waals surface area (Å²) in [6.45, 7) is 3.60. The summed E-state index contributed by atoms with van der Waals surface area (Å²) in [6.07, 6.45) is -2.63. The molecule has 0 saturated heterocycles. The summed E-state index contributed by atoms with van der Waals surface area (Å²) in [5, 5.41) is 9.84. The molecule has 0 bridgehead atoms. The Hall–Kier alpha value is -3.24. The number of pyridine rings is 1. The zero-order chi connectivity index (χ0) is 20.5. The number of amides is 1. The van der Waals surface area contributed by atoms with Crippen molar-refractivity contribution in [2.75, 3.05) is 0 Å². The van der Waals surface area contributed by atoms with Crippen LogP contribution in [0, 0.1) is 6.92 Å². The second-order valence-corrected chi connectivity index (χ2v) is 6.11. The maximum atomic E-state index is 12.8. The molecule has 0 aliphatic rings. The lowest BCUT2D eigenvalue weighted by Gasteiger charge is -2.12. The molecule has 1 unspecified atom stereocenters. The Bertz CT molecular complexity index is 995. The molecular weight excluding hydrogens is 377 g/mol. The minimum Gasteiger partial charge on any atom is -0.339 e. The highest BCUT2D eigenvalue weighted by Gasteiger charge is 2.35. The van der Waals surface area contributed by atoms with Crippen molar-refractivity contribution in [1.82, 2.24) is 30.2 Å². The predicted octanol–water partition coefficient (Wildman–Crippen LogP) is 3.07. The molecule has 0 radical (unpaired) electrons. The standard InChI is InChI=1S/C17H17F3N6O2/c1-4-11(16-23-14(25-28-16)10-5-6-21-9(2)7-10)22-15(27)12-8-13(17(18,19)20)24-26(12)3/h5-8,11H,4H2,1-3H3,(H,22,27). The monoisotopic (exact) mass is 394 g/mol. The van der Waals surface area contributed by atoms with E-state index in [2.05, 4.69) is 25.5 Å². The average Bonchev–Trinajstić information content (AvgIpc) is 3.26. The minimum absolute atomic E-state index is 0.151. The number of hydrogen-bond acceptors (Lipinski definition) is 6. The quantitative estimate of drug-likeness (QED) is 0.714. The number of halogens is 3. The van der Waals surface area contributed by atoms with Gasteiger partial charge in [-0.1, -0.05) is 12.1 Å². The van der Waals surface area contributed by atoms with Crippen molar-refractivity contribution in [3.05, 3.63) is 47.4 Å². The smallest absolute Gasteiger partial charge is 0.339 e. The zero-order valence-electron chi connectivity index (χ0n) is 15.3. The van der Waals surface area contributed by atoms with E-state index < -0.39 is 23.8 Å². The third-order valence-electron chi connectivity index (χ3n) is 4.01. The number of nitrogens with zero attached hydrogens (tertiary/aromatic N) is 5. The summed E-state index contributed by atoms with van der Waals surface area (Å²) in [4.78, 5) is 20.8. The van der Waals surface area contributed by atoms with E-state index in [4.69, 9.17) is 4.52 Å². The lowest BCUT2D eigenvalue weighted by molar-refractivity contribution is -0.141. The molecule has 3 heterocycles. The Morgan fingerprint density at radius 3 is 2.71 bits per heavy atom. The molecule has 0 saturated carbocycles. The molecule has 28 heavy (non-hydrogen) atoms. The maximum absolute atomic E-state index is 12.8. The first-order valence-electron chi connectivity index (χ1n) is 8.37. The highest BCUT2D eigenvalue weighted by Crippen LogP contribution is 2.28. The zero-order valence-corrected chi connectivity index (χ0v) is 15.3. The normalized spacial score (nSPS) is 12.8. The van der Waals surface area contributed by atoms with Gasteiger partial charge in [0.15, 0.2) is 5.69 Å². The molecule has 1 amide bonds. The number of carbonyl (C=O) groups is 1. The molecule has 0 fully saturated rings. The number of alkyl halides is 3. The fourth-order valence-corrected chi connectivity index (χ4v) is 2.57. The first-order valence-corrected chi connectivity index (χ1v) is 8.37. The molecule has 148 valence electrons. The second-order valence-electron chi connectivity index (χ2n) is 6.11. The van der Waals surface area contributed by atoms with Crippen LogP contribution in [0.4, 0.5) is 13.2 Å². The Kier molecular flexibility index (Phi) is 5.16. The molecule has 0 aliphatic carbocycles. The van der Waals surface area contributed by atoms with Gasteiger partial charge in [-0.2, -0.15) is 23.3 Å². The van der Waals surface area contributed by atoms with E-state index in [1.54, 1.807) is 25.3 Å². The van der Waals surface area contributed by atoms with Gasteiger partial charge in [0.05, 0.1) is 0 Å². The highest BCUT2D eigenvalue weighted by molar-refractivity contribution is 5.92. The van der Waals surface area contributed by atoms with Gasteiger partial charge in [-0.05, 0) is 25.5 Å². The van der Waals surface area contributed by atoms with Gasteiger partial charge >= 0.3 is 6.18 Å². The topological polar surface area (TPSA) is 98.7 Å². The van der Waals surface area contributed by atoms with Gasteiger partial charge in [0.1, 0.15) is 11.7 Å². The van der Waals surface area contributed by atoms with E-state index in [1.807, 2.05) is 6.92 Å². The third kappa shape index (κ3) is 4.02. The largest absolute Gasteiger partial charge is 0.435 e. The SMILES string of the molecule is CCC(NC(=O)c1cc(C(F)(F)F)nn1C)c1nc(-c2ccnc(C)c2)no1. The molecule has 0 aliphatic heterocycles. The minimum atomic E-state index is -4.63. The van der Waals surface area contributed by atoms with Gasteiger partial charge in [0.2, 0.25) is 11.7 Å². The summed E-state index contributed by atoms with van der Waals surface area (Å²) in [5.41, 5.74) is 0.114. The number of rotatable bonds is 5. The molecular formula is C17H17F3N6O2. The van der Waals surface area contributed by atoms with Gasteiger partial charge in [-0.15, -0.1) is 0 Å². The van der Waals surface area contributed by atoms with E-state index >= 15 is 0 Å². The van der Waals surface area contributed by atoms with Crippen LogP contribution >= 0.6 is 0 Å². The summed E-state index contributed by atoms with van der Waals surface area (Å²) in [7, 11) is 1.27. The lowest BCUT2D eigenvalue weighted by atomic mass is 10.2. The van der Waals surface area contributed by atoms with Crippen molar-refractivity contribution in [3.63, 3.8) is 0 Å². The number of carbonyl (C=O) groups excluding carboxylic acids is 1. The predicted molar refractivity (Wildman–Crippen MR) is 91.0 cm³/mol. The van der Waals surface area contributed by atoms with Gasteiger partial charge in [-0.25, -0.2) is 0 Å². The Morgan fingerprint density at radius 2 is 2.11 bits per heavy atom. The molecule has 3 rings (SSSR count). The molecule has 11 heteroatoms. The van der Waals surface area contributed by atoms with E-state index in [-0.39, 0.29) is 11.6 Å². The van der Waals surface area contributed by atoms with Gasteiger partial charge in [0.25, 0.3) is 5.91 Å². The Balaban J connectivity index is 1.80. The van der Waals surface area contributed by atoms with E-state index in [9.17, 15) is 18.0 Å². The Morgan fingerprint density at radius 1 is 1.36 bits per heavy atom. The van der Waals surface area contributed by atoms with Crippen LogP contribution in [0.5, 0.6) is 0 Å². The molecule has 1 atom stereocenters.